The predicted molar refractivity (Wildman–Crippen MR) is 116 cm³/mol. The zero-order valence-electron chi connectivity index (χ0n) is 17.2. The fourth-order valence-corrected chi connectivity index (χ4v) is 5.06. The quantitative estimate of drug-likeness (QED) is 0.551. The number of nitrogens with zero attached hydrogens (tertiary/aromatic N) is 3. The Morgan fingerprint density at radius 1 is 1.22 bits per heavy atom. The number of guanidine groups is 1. The molecule has 27 heavy (non-hydrogen) atoms. The third kappa shape index (κ3) is 7.07. The molecule has 6 heteroatoms. The minimum absolute atomic E-state index is 0.549. The van der Waals surface area contributed by atoms with Crippen molar-refractivity contribution in [3.05, 3.63) is 16.1 Å². The van der Waals surface area contributed by atoms with E-state index in [0.29, 0.717) is 6.04 Å². The number of hydrogen-bond donors (Lipinski definition) is 2. The molecule has 1 aromatic rings. The Labute approximate surface area is 169 Å². The highest BCUT2D eigenvalue weighted by Gasteiger charge is 2.23. The molecule has 1 saturated carbocycles. The standard InChI is InChI=1S/C21H37N5S/c1-3-22-21(23-12-9-20-24-15-17(2)27-20)25-19-10-13-26(14-11-19)16-18-7-5-4-6-8-18/h15,18-19H,3-14,16H2,1-2H3,(H2,22,23,25). The van der Waals surface area contributed by atoms with Gasteiger partial charge in [-0.2, -0.15) is 0 Å². The molecular formula is C21H37N5S. The van der Waals surface area contributed by atoms with E-state index in [2.05, 4.69) is 34.4 Å². The van der Waals surface area contributed by atoms with E-state index >= 15 is 0 Å². The van der Waals surface area contributed by atoms with E-state index in [1.54, 1.807) is 11.3 Å². The Kier molecular flexibility index (Phi) is 8.39. The van der Waals surface area contributed by atoms with Crippen molar-refractivity contribution in [3.8, 4) is 0 Å². The largest absolute Gasteiger partial charge is 0.357 e. The summed E-state index contributed by atoms with van der Waals surface area (Å²) in [5.41, 5.74) is 0. The Bertz CT molecular complexity index is 571. The second kappa shape index (κ2) is 11.0. The van der Waals surface area contributed by atoms with Gasteiger partial charge in [-0.05, 0) is 45.4 Å². The van der Waals surface area contributed by atoms with E-state index in [4.69, 9.17) is 4.99 Å². The molecule has 5 nitrogen and oxygen atoms in total. The number of aliphatic imine (C=N–C) groups is 1. The normalized spacial score (nSPS) is 20.7. The first kappa shape index (κ1) is 20.6. The molecule has 1 aliphatic carbocycles. The van der Waals surface area contributed by atoms with E-state index < -0.39 is 0 Å². The average Bonchev–Trinajstić information content (AvgIpc) is 3.09. The number of likely N-dealkylation sites (tertiary alicyclic amines) is 1. The Morgan fingerprint density at radius 2 is 2.00 bits per heavy atom. The highest BCUT2D eigenvalue weighted by molar-refractivity contribution is 7.11. The van der Waals surface area contributed by atoms with Gasteiger partial charge < -0.3 is 15.5 Å². The van der Waals surface area contributed by atoms with Crippen LogP contribution in [0.4, 0.5) is 0 Å². The summed E-state index contributed by atoms with van der Waals surface area (Å²) in [6, 6.07) is 0.549. The van der Waals surface area contributed by atoms with Crippen molar-refractivity contribution in [1.29, 1.82) is 0 Å². The molecule has 0 spiro atoms. The Hall–Kier alpha value is -1.14. The van der Waals surface area contributed by atoms with Crippen molar-refractivity contribution in [2.24, 2.45) is 10.9 Å². The summed E-state index contributed by atoms with van der Waals surface area (Å²) in [4.78, 5) is 13.2. The molecule has 0 radical (unpaired) electrons. The van der Waals surface area contributed by atoms with Crippen LogP contribution in [0.15, 0.2) is 11.2 Å². The van der Waals surface area contributed by atoms with Gasteiger partial charge in [-0.1, -0.05) is 19.3 Å². The zero-order valence-corrected chi connectivity index (χ0v) is 18.0. The third-order valence-electron chi connectivity index (χ3n) is 5.78. The summed E-state index contributed by atoms with van der Waals surface area (Å²) in [6.07, 6.45) is 12.6. The Balaban J connectivity index is 1.39. The molecule has 0 aromatic carbocycles. The average molecular weight is 392 g/mol. The van der Waals surface area contributed by atoms with Gasteiger partial charge in [-0.3, -0.25) is 4.99 Å². The van der Waals surface area contributed by atoms with Gasteiger partial charge in [0.05, 0.1) is 5.01 Å². The Morgan fingerprint density at radius 3 is 2.67 bits per heavy atom. The first-order valence-electron chi connectivity index (χ1n) is 10.9. The first-order valence-corrected chi connectivity index (χ1v) is 11.7. The van der Waals surface area contributed by atoms with Gasteiger partial charge in [0.2, 0.25) is 0 Å². The molecule has 0 amide bonds. The minimum Gasteiger partial charge on any atom is -0.357 e. The van der Waals surface area contributed by atoms with Crippen LogP contribution in [-0.4, -0.2) is 54.6 Å². The molecule has 2 fully saturated rings. The van der Waals surface area contributed by atoms with Crippen LogP contribution in [0.1, 0.15) is 61.8 Å². The molecule has 2 heterocycles. The fraction of sp³-hybridized carbons (Fsp3) is 0.810. The number of nitrogens with one attached hydrogen (secondary N) is 2. The maximum absolute atomic E-state index is 4.77. The summed E-state index contributed by atoms with van der Waals surface area (Å²) < 4.78 is 0. The van der Waals surface area contributed by atoms with Crippen LogP contribution in [-0.2, 0) is 6.42 Å². The van der Waals surface area contributed by atoms with Crippen molar-refractivity contribution < 1.29 is 0 Å². The lowest BCUT2D eigenvalue weighted by atomic mass is 9.88. The molecule has 0 bridgehead atoms. The summed E-state index contributed by atoms with van der Waals surface area (Å²) in [5, 5.41) is 8.26. The summed E-state index contributed by atoms with van der Waals surface area (Å²) >= 11 is 1.78. The van der Waals surface area contributed by atoms with Gasteiger partial charge in [0, 0.05) is 56.3 Å². The second-order valence-corrected chi connectivity index (χ2v) is 9.42. The fourth-order valence-electron chi connectivity index (χ4n) is 4.29. The van der Waals surface area contributed by atoms with Gasteiger partial charge in [0.15, 0.2) is 5.96 Å². The smallest absolute Gasteiger partial charge is 0.191 e. The lowest BCUT2D eigenvalue weighted by Gasteiger charge is -2.36. The predicted octanol–water partition coefficient (Wildman–Crippen LogP) is 3.59. The molecule has 0 atom stereocenters. The lowest BCUT2D eigenvalue weighted by Crippen LogP contribution is -2.49. The highest BCUT2D eigenvalue weighted by Crippen LogP contribution is 2.25. The van der Waals surface area contributed by atoms with Gasteiger partial charge in [0.1, 0.15) is 0 Å². The zero-order chi connectivity index (χ0) is 18.9. The van der Waals surface area contributed by atoms with Gasteiger partial charge in [0.25, 0.3) is 0 Å². The van der Waals surface area contributed by atoms with Crippen LogP contribution in [0, 0.1) is 12.8 Å². The van der Waals surface area contributed by atoms with Gasteiger partial charge in [-0.15, -0.1) is 11.3 Å². The van der Waals surface area contributed by atoms with E-state index in [1.807, 2.05) is 6.20 Å². The monoisotopic (exact) mass is 391 g/mol. The number of hydrogen-bond acceptors (Lipinski definition) is 4. The summed E-state index contributed by atoms with van der Waals surface area (Å²) in [6.45, 7) is 9.72. The van der Waals surface area contributed by atoms with Crippen LogP contribution in [0.25, 0.3) is 0 Å². The van der Waals surface area contributed by atoms with Crippen molar-refractivity contribution in [2.75, 3.05) is 32.7 Å². The van der Waals surface area contributed by atoms with Crippen molar-refractivity contribution >= 4 is 17.3 Å². The first-order chi connectivity index (χ1) is 13.2. The molecule has 3 rings (SSSR count). The van der Waals surface area contributed by atoms with Crippen molar-refractivity contribution in [1.82, 2.24) is 20.5 Å². The maximum Gasteiger partial charge on any atom is 0.191 e. The van der Waals surface area contributed by atoms with E-state index in [0.717, 1.165) is 31.4 Å². The topological polar surface area (TPSA) is 52.6 Å². The molecule has 1 aromatic heterocycles. The van der Waals surface area contributed by atoms with Crippen LogP contribution in [0.2, 0.25) is 0 Å². The number of aromatic nitrogens is 1. The maximum atomic E-state index is 4.77. The van der Waals surface area contributed by atoms with E-state index in [-0.39, 0.29) is 0 Å². The molecule has 1 aliphatic heterocycles. The van der Waals surface area contributed by atoms with E-state index in [9.17, 15) is 0 Å². The molecule has 152 valence electrons. The van der Waals surface area contributed by atoms with Gasteiger partial charge in [-0.25, -0.2) is 4.98 Å². The second-order valence-electron chi connectivity index (χ2n) is 8.10. The molecule has 1 saturated heterocycles. The minimum atomic E-state index is 0.549. The third-order valence-corrected chi connectivity index (χ3v) is 6.75. The molecule has 2 aliphatic rings. The molecular weight excluding hydrogens is 354 g/mol. The molecule has 2 N–H and O–H groups in total. The summed E-state index contributed by atoms with van der Waals surface area (Å²) in [7, 11) is 0. The van der Waals surface area contributed by atoms with Crippen LogP contribution in [0.5, 0.6) is 0 Å². The number of rotatable bonds is 7. The van der Waals surface area contributed by atoms with Crippen LogP contribution in [0.3, 0.4) is 0 Å². The van der Waals surface area contributed by atoms with Crippen LogP contribution >= 0.6 is 11.3 Å². The lowest BCUT2D eigenvalue weighted by molar-refractivity contribution is 0.160. The molecule has 0 unspecified atom stereocenters. The van der Waals surface area contributed by atoms with Crippen LogP contribution < -0.4 is 10.6 Å². The van der Waals surface area contributed by atoms with E-state index in [1.165, 1.54) is 74.5 Å². The summed E-state index contributed by atoms with van der Waals surface area (Å²) in [5.74, 6) is 1.92. The van der Waals surface area contributed by atoms with Crippen molar-refractivity contribution in [3.63, 3.8) is 0 Å². The number of aryl methyl sites for hydroxylation is 1. The van der Waals surface area contributed by atoms with Gasteiger partial charge >= 0.3 is 0 Å². The highest BCUT2D eigenvalue weighted by atomic mass is 32.1. The SMILES string of the molecule is CCNC(=NCCc1ncc(C)s1)NC1CCN(CC2CCCCC2)CC1. The number of thiazole rings is 1. The number of piperidine rings is 1. The van der Waals surface area contributed by atoms with Crippen molar-refractivity contribution in [2.45, 2.75) is 71.3 Å².